The maximum atomic E-state index is 13.1. The molecule has 0 atom stereocenters. The highest BCUT2D eigenvalue weighted by Gasteiger charge is 2.31. The van der Waals surface area contributed by atoms with Crippen molar-refractivity contribution in [3.63, 3.8) is 0 Å². The Morgan fingerprint density at radius 3 is 2.61 bits per heavy atom. The third kappa shape index (κ3) is 2.48. The monoisotopic (exact) mass is 396 g/mol. The summed E-state index contributed by atoms with van der Waals surface area (Å²) in [4.78, 5) is 9.07. The minimum Gasteiger partial charge on any atom is -0.396 e. The number of hydrogen-bond acceptors (Lipinski definition) is 5. The number of pyridine rings is 1. The number of aliphatic hydroxyl groups is 1. The summed E-state index contributed by atoms with van der Waals surface area (Å²) in [6.45, 7) is 2.12. The van der Waals surface area contributed by atoms with Crippen molar-refractivity contribution in [2.24, 2.45) is 5.92 Å². The van der Waals surface area contributed by atoms with Crippen molar-refractivity contribution < 1.29 is 13.5 Å². The number of aliphatic hydroxyl groups excluding tert-OH is 1. The number of imidazole rings is 1. The SMILES string of the molecule is Cc1ccc(S(=O)(=O)n2ccc3c2ncc2ncn([C@H]4C[C@@H](CO)C4)c23)cc1. The predicted octanol–water partition coefficient (Wildman–Crippen LogP) is 2.87. The van der Waals surface area contributed by atoms with Crippen LogP contribution in [0.4, 0.5) is 0 Å². The number of benzene rings is 1. The van der Waals surface area contributed by atoms with Gasteiger partial charge in [-0.2, -0.15) is 0 Å². The van der Waals surface area contributed by atoms with Crippen molar-refractivity contribution >= 4 is 32.1 Å². The standard InChI is InChI=1S/C20H20N4O3S/c1-13-2-4-16(5-3-13)28(26,27)24-7-6-17-19-18(10-21-20(17)24)22-12-23(19)15-8-14(9-15)11-25/h2-7,10,12,14-15,25H,8-9,11H2,1H3/t14-,15+. The fourth-order valence-corrected chi connectivity index (χ4v) is 5.26. The van der Waals surface area contributed by atoms with Gasteiger partial charge in [-0.3, -0.25) is 0 Å². The Balaban J connectivity index is 1.66. The van der Waals surface area contributed by atoms with Gasteiger partial charge in [-0.1, -0.05) is 17.7 Å². The second-order valence-electron chi connectivity index (χ2n) is 7.48. The van der Waals surface area contributed by atoms with Gasteiger partial charge in [0.25, 0.3) is 10.0 Å². The lowest BCUT2D eigenvalue weighted by molar-refractivity contribution is 0.114. The average molecular weight is 396 g/mol. The van der Waals surface area contributed by atoms with Gasteiger partial charge in [-0.25, -0.2) is 22.4 Å². The normalized spacial score (nSPS) is 19.9. The minimum absolute atomic E-state index is 0.200. The molecule has 3 aromatic heterocycles. The molecule has 0 aliphatic heterocycles. The molecule has 1 aliphatic carbocycles. The molecule has 1 fully saturated rings. The quantitative estimate of drug-likeness (QED) is 0.573. The molecule has 0 bridgehead atoms. The maximum Gasteiger partial charge on any atom is 0.269 e. The second-order valence-corrected chi connectivity index (χ2v) is 9.30. The van der Waals surface area contributed by atoms with Crippen molar-refractivity contribution in [2.45, 2.75) is 30.7 Å². The third-order valence-corrected chi connectivity index (χ3v) is 7.33. The topological polar surface area (TPSA) is 90.0 Å². The highest BCUT2D eigenvalue weighted by molar-refractivity contribution is 7.90. The summed E-state index contributed by atoms with van der Waals surface area (Å²) in [5, 5.41) is 10.1. The summed E-state index contributed by atoms with van der Waals surface area (Å²) in [5.41, 5.74) is 3.03. The lowest BCUT2D eigenvalue weighted by Crippen LogP contribution is -2.28. The first kappa shape index (κ1) is 17.4. The van der Waals surface area contributed by atoms with Crippen LogP contribution in [0.15, 0.2) is 53.9 Å². The summed E-state index contributed by atoms with van der Waals surface area (Å²) in [5.74, 6) is 0.325. The molecular formula is C20H20N4O3S. The first-order chi connectivity index (χ1) is 13.5. The zero-order valence-corrected chi connectivity index (χ0v) is 16.2. The number of aromatic nitrogens is 4. The number of rotatable bonds is 4. The molecular weight excluding hydrogens is 376 g/mol. The fraction of sp³-hybridized carbons (Fsp3) is 0.300. The van der Waals surface area contributed by atoms with Gasteiger partial charge in [0.1, 0.15) is 5.52 Å². The Hall–Kier alpha value is -2.71. The van der Waals surface area contributed by atoms with Crippen LogP contribution < -0.4 is 0 Å². The Bertz CT molecular complexity index is 1280. The van der Waals surface area contributed by atoms with Gasteiger partial charge in [-0.05, 0) is 43.9 Å². The molecule has 3 heterocycles. The molecule has 144 valence electrons. The molecule has 1 saturated carbocycles. The van der Waals surface area contributed by atoms with Crippen LogP contribution in [0.3, 0.4) is 0 Å². The molecule has 1 N–H and O–H groups in total. The Kier molecular flexibility index (Phi) is 3.82. The van der Waals surface area contributed by atoms with Crippen LogP contribution in [0, 0.1) is 12.8 Å². The van der Waals surface area contributed by atoms with Gasteiger partial charge in [0.15, 0.2) is 5.65 Å². The summed E-state index contributed by atoms with van der Waals surface area (Å²) in [6, 6.07) is 8.85. The van der Waals surface area contributed by atoms with Crippen LogP contribution in [0.1, 0.15) is 24.4 Å². The van der Waals surface area contributed by atoms with E-state index in [1.165, 1.54) is 3.97 Å². The van der Waals surface area contributed by atoms with Crippen LogP contribution in [-0.4, -0.2) is 38.6 Å². The van der Waals surface area contributed by atoms with Gasteiger partial charge in [0, 0.05) is 24.2 Å². The van der Waals surface area contributed by atoms with Gasteiger partial charge in [0.05, 0.1) is 22.9 Å². The number of hydrogen-bond donors (Lipinski definition) is 1. The summed E-state index contributed by atoms with van der Waals surface area (Å²) in [6.07, 6.45) is 6.76. The lowest BCUT2D eigenvalue weighted by atomic mass is 9.80. The molecule has 0 amide bonds. The van der Waals surface area contributed by atoms with Crippen molar-refractivity contribution in [2.75, 3.05) is 6.61 Å². The maximum absolute atomic E-state index is 13.1. The number of fused-ring (bicyclic) bond motifs is 3. The molecule has 28 heavy (non-hydrogen) atoms. The largest absolute Gasteiger partial charge is 0.396 e. The van der Waals surface area contributed by atoms with E-state index in [0.717, 1.165) is 34.8 Å². The van der Waals surface area contributed by atoms with E-state index in [2.05, 4.69) is 14.5 Å². The van der Waals surface area contributed by atoms with Gasteiger partial charge >= 0.3 is 0 Å². The third-order valence-electron chi connectivity index (χ3n) is 5.65. The highest BCUT2D eigenvalue weighted by Crippen LogP contribution is 2.40. The molecule has 4 aromatic rings. The average Bonchev–Trinajstić information content (AvgIpc) is 3.25. The minimum atomic E-state index is -3.74. The Morgan fingerprint density at radius 1 is 1.14 bits per heavy atom. The zero-order chi connectivity index (χ0) is 19.5. The van der Waals surface area contributed by atoms with E-state index in [4.69, 9.17) is 0 Å². The summed E-state index contributed by atoms with van der Waals surface area (Å²) >= 11 is 0. The molecule has 0 radical (unpaired) electrons. The molecule has 0 unspecified atom stereocenters. The number of aryl methyl sites for hydroxylation is 1. The van der Waals surface area contributed by atoms with Gasteiger partial charge in [-0.15, -0.1) is 0 Å². The molecule has 5 rings (SSSR count). The van der Waals surface area contributed by atoms with E-state index in [0.29, 0.717) is 11.6 Å². The smallest absolute Gasteiger partial charge is 0.269 e. The van der Waals surface area contributed by atoms with E-state index in [9.17, 15) is 13.5 Å². The van der Waals surface area contributed by atoms with Crippen molar-refractivity contribution in [1.29, 1.82) is 0 Å². The number of nitrogens with zero attached hydrogens (tertiary/aromatic N) is 4. The summed E-state index contributed by atoms with van der Waals surface area (Å²) in [7, 11) is -3.74. The van der Waals surface area contributed by atoms with Crippen molar-refractivity contribution in [3.05, 3.63) is 54.6 Å². The molecule has 0 spiro atoms. The van der Waals surface area contributed by atoms with Gasteiger partial charge in [0.2, 0.25) is 0 Å². The predicted molar refractivity (Wildman–Crippen MR) is 106 cm³/mol. The molecule has 7 nitrogen and oxygen atoms in total. The van der Waals surface area contributed by atoms with E-state index in [1.807, 2.05) is 6.92 Å². The molecule has 0 saturated heterocycles. The van der Waals surface area contributed by atoms with E-state index in [1.54, 1.807) is 49.1 Å². The van der Waals surface area contributed by atoms with Crippen LogP contribution >= 0.6 is 0 Å². The Labute approximate surface area is 162 Å². The van der Waals surface area contributed by atoms with Crippen LogP contribution in [0.25, 0.3) is 22.1 Å². The van der Waals surface area contributed by atoms with Crippen LogP contribution in [0.5, 0.6) is 0 Å². The van der Waals surface area contributed by atoms with E-state index >= 15 is 0 Å². The van der Waals surface area contributed by atoms with E-state index in [-0.39, 0.29) is 17.5 Å². The second kappa shape index (κ2) is 6.15. The zero-order valence-electron chi connectivity index (χ0n) is 15.4. The molecule has 1 aromatic carbocycles. The first-order valence-corrected chi connectivity index (χ1v) is 10.7. The highest BCUT2D eigenvalue weighted by atomic mass is 32.2. The van der Waals surface area contributed by atoms with E-state index < -0.39 is 10.0 Å². The fourth-order valence-electron chi connectivity index (χ4n) is 3.96. The van der Waals surface area contributed by atoms with Crippen molar-refractivity contribution in [3.8, 4) is 0 Å². The summed E-state index contributed by atoms with van der Waals surface area (Å²) < 4.78 is 29.6. The van der Waals surface area contributed by atoms with Crippen LogP contribution in [-0.2, 0) is 10.0 Å². The first-order valence-electron chi connectivity index (χ1n) is 9.24. The Morgan fingerprint density at radius 2 is 1.89 bits per heavy atom. The molecule has 1 aliphatic rings. The lowest BCUT2D eigenvalue weighted by Gasteiger charge is -2.35. The van der Waals surface area contributed by atoms with Crippen molar-refractivity contribution in [1.82, 2.24) is 18.5 Å². The van der Waals surface area contributed by atoms with Gasteiger partial charge < -0.3 is 9.67 Å². The molecule has 8 heteroatoms. The van der Waals surface area contributed by atoms with Crippen LogP contribution in [0.2, 0.25) is 0 Å².